The van der Waals surface area contributed by atoms with Crippen molar-refractivity contribution in [3.63, 3.8) is 0 Å². The SMILES string of the molecule is CN(Cc1cccnc1)CC(O)COC1CCCc2ccccc21. The zero-order valence-electron chi connectivity index (χ0n) is 14.3. The summed E-state index contributed by atoms with van der Waals surface area (Å²) in [7, 11) is 2.01. The van der Waals surface area contributed by atoms with Crippen LogP contribution in [0, 0.1) is 0 Å². The van der Waals surface area contributed by atoms with Gasteiger partial charge in [-0.3, -0.25) is 9.88 Å². The van der Waals surface area contributed by atoms with E-state index in [0.29, 0.717) is 13.2 Å². The van der Waals surface area contributed by atoms with E-state index in [0.717, 1.165) is 31.4 Å². The zero-order chi connectivity index (χ0) is 16.8. The molecule has 0 fully saturated rings. The lowest BCUT2D eigenvalue weighted by atomic mass is 9.89. The zero-order valence-corrected chi connectivity index (χ0v) is 14.3. The van der Waals surface area contributed by atoms with Crippen molar-refractivity contribution in [2.45, 2.75) is 38.0 Å². The van der Waals surface area contributed by atoms with Gasteiger partial charge in [0, 0.05) is 25.5 Å². The molecule has 1 N–H and O–H groups in total. The van der Waals surface area contributed by atoms with Gasteiger partial charge in [0.1, 0.15) is 0 Å². The van der Waals surface area contributed by atoms with Gasteiger partial charge in [0.15, 0.2) is 0 Å². The van der Waals surface area contributed by atoms with E-state index in [4.69, 9.17) is 4.74 Å². The van der Waals surface area contributed by atoms with Crippen LogP contribution in [0.15, 0.2) is 48.8 Å². The normalized spacial score (nSPS) is 18.4. The molecule has 0 saturated carbocycles. The molecule has 4 heteroatoms. The van der Waals surface area contributed by atoms with Crippen LogP contribution in [0.5, 0.6) is 0 Å². The van der Waals surface area contributed by atoms with Crippen molar-refractivity contribution >= 4 is 0 Å². The van der Waals surface area contributed by atoms with Crippen molar-refractivity contribution in [2.24, 2.45) is 0 Å². The quantitative estimate of drug-likeness (QED) is 0.850. The molecule has 0 aliphatic heterocycles. The van der Waals surface area contributed by atoms with Crippen LogP contribution in [0.2, 0.25) is 0 Å². The van der Waals surface area contributed by atoms with Gasteiger partial charge in [0.25, 0.3) is 0 Å². The van der Waals surface area contributed by atoms with Gasteiger partial charge in [-0.25, -0.2) is 0 Å². The number of nitrogens with zero attached hydrogens (tertiary/aromatic N) is 2. The number of aliphatic hydroxyl groups excluding tert-OH is 1. The van der Waals surface area contributed by atoms with Gasteiger partial charge in [-0.15, -0.1) is 0 Å². The molecule has 4 nitrogen and oxygen atoms in total. The summed E-state index contributed by atoms with van der Waals surface area (Å²) in [6.07, 6.45) is 6.58. The van der Waals surface area contributed by atoms with E-state index in [1.165, 1.54) is 11.1 Å². The van der Waals surface area contributed by atoms with Crippen LogP contribution in [-0.2, 0) is 17.7 Å². The van der Waals surface area contributed by atoms with Crippen LogP contribution in [0.3, 0.4) is 0 Å². The van der Waals surface area contributed by atoms with Crippen molar-refractivity contribution in [3.05, 3.63) is 65.5 Å². The number of ether oxygens (including phenoxy) is 1. The highest BCUT2D eigenvalue weighted by atomic mass is 16.5. The second kappa shape index (κ2) is 8.38. The lowest BCUT2D eigenvalue weighted by Crippen LogP contribution is -2.32. The highest BCUT2D eigenvalue weighted by molar-refractivity contribution is 5.31. The van der Waals surface area contributed by atoms with Gasteiger partial charge in [-0.05, 0) is 49.1 Å². The van der Waals surface area contributed by atoms with E-state index >= 15 is 0 Å². The largest absolute Gasteiger partial charge is 0.389 e. The highest BCUT2D eigenvalue weighted by Gasteiger charge is 2.21. The molecule has 24 heavy (non-hydrogen) atoms. The fourth-order valence-electron chi connectivity index (χ4n) is 3.39. The molecule has 0 radical (unpaired) electrons. The summed E-state index contributed by atoms with van der Waals surface area (Å²) in [5, 5.41) is 10.3. The molecule has 1 heterocycles. The van der Waals surface area contributed by atoms with Crippen molar-refractivity contribution in [1.29, 1.82) is 0 Å². The molecule has 0 amide bonds. The number of rotatable bonds is 7. The van der Waals surface area contributed by atoms with E-state index in [2.05, 4.69) is 34.1 Å². The maximum Gasteiger partial charge on any atom is 0.0900 e. The van der Waals surface area contributed by atoms with E-state index in [1.807, 2.05) is 25.4 Å². The Bertz CT molecular complexity index is 633. The van der Waals surface area contributed by atoms with Crippen LogP contribution in [-0.4, -0.2) is 41.3 Å². The molecule has 1 aliphatic carbocycles. The summed E-state index contributed by atoms with van der Waals surface area (Å²) in [5.41, 5.74) is 3.82. The maximum absolute atomic E-state index is 10.3. The molecule has 0 spiro atoms. The number of hydrogen-bond acceptors (Lipinski definition) is 4. The average Bonchev–Trinajstić information content (AvgIpc) is 2.60. The van der Waals surface area contributed by atoms with Crippen molar-refractivity contribution in [1.82, 2.24) is 9.88 Å². The molecule has 2 atom stereocenters. The predicted octanol–water partition coefficient (Wildman–Crippen LogP) is 2.97. The molecule has 1 aromatic carbocycles. The van der Waals surface area contributed by atoms with Gasteiger partial charge in [-0.1, -0.05) is 30.3 Å². The number of aliphatic hydroxyl groups is 1. The molecule has 0 bridgehead atoms. The van der Waals surface area contributed by atoms with Gasteiger partial charge >= 0.3 is 0 Å². The second-order valence-electron chi connectivity index (χ2n) is 6.62. The third-order valence-corrected chi connectivity index (χ3v) is 4.50. The van der Waals surface area contributed by atoms with Crippen LogP contribution in [0.25, 0.3) is 0 Å². The second-order valence-corrected chi connectivity index (χ2v) is 6.62. The summed E-state index contributed by atoms with van der Waals surface area (Å²) < 4.78 is 6.03. The molecule has 1 aromatic heterocycles. The molecule has 128 valence electrons. The summed E-state index contributed by atoms with van der Waals surface area (Å²) >= 11 is 0. The monoisotopic (exact) mass is 326 g/mol. The molecule has 1 aliphatic rings. The first-order valence-electron chi connectivity index (χ1n) is 8.67. The Morgan fingerprint density at radius 1 is 1.29 bits per heavy atom. The topological polar surface area (TPSA) is 45.6 Å². The minimum absolute atomic E-state index is 0.119. The fraction of sp³-hybridized carbons (Fsp3) is 0.450. The summed E-state index contributed by atoms with van der Waals surface area (Å²) in [6, 6.07) is 12.5. The van der Waals surface area contributed by atoms with Gasteiger partial charge in [0.05, 0.1) is 18.8 Å². The number of aromatic nitrogens is 1. The Morgan fingerprint density at radius 2 is 2.17 bits per heavy atom. The predicted molar refractivity (Wildman–Crippen MR) is 94.7 cm³/mol. The van der Waals surface area contributed by atoms with Crippen LogP contribution in [0.1, 0.15) is 35.6 Å². The smallest absolute Gasteiger partial charge is 0.0900 e. The number of aryl methyl sites for hydroxylation is 1. The standard InChI is InChI=1S/C20H26N2O2/c1-22(13-16-6-5-11-21-12-16)14-18(23)15-24-20-10-4-8-17-7-2-3-9-19(17)20/h2-3,5-7,9,11-12,18,20,23H,4,8,10,13-15H2,1H3. The van der Waals surface area contributed by atoms with E-state index in [1.54, 1.807) is 6.20 Å². The van der Waals surface area contributed by atoms with Crippen molar-refractivity contribution < 1.29 is 9.84 Å². The van der Waals surface area contributed by atoms with Gasteiger partial charge in [-0.2, -0.15) is 0 Å². The summed E-state index contributed by atoms with van der Waals surface area (Å²) in [6.45, 7) is 1.73. The molecule has 2 unspecified atom stereocenters. The first kappa shape index (κ1) is 17.1. The summed E-state index contributed by atoms with van der Waals surface area (Å²) in [5.74, 6) is 0. The number of fused-ring (bicyclic) bond motifs is 1. The van der Waals surface area contributed by atoms with Crippen LogP contribution in [0.4, 0.5) is 0 Å². The Labute approximate surface area is 144 Å². The number of hydrogen-bond donors (Lipinski definition) is 1. The first-order valence-corrected chi connectivity index (χ1v) is 8.67. The molecular formula is C20H26N2O2. The van der Waals surface area contributed by atoms with Crippen LogP contribution >= 0.6 is 0 Å². The average molecular weight is 326 g/mol. The molecule has 0 saturated heterocycles. The lowest BCUT2D eigenvalue weighted by Gasteiger charge is -2.27. The third kappa shape index (κ3) is 4.63. The summed E-state index contributed by atoms with van der Waals surface area (Å²) in [4.78, 5) is 6.22. The Balaban J connectivity index is 1.47. The molecule has 2 aromatic rings. The molecule has 3 rings (SSSR count). The highest BCUT2D eigenvalue weighted by Crippen LogP contribution is 2.32. The van der Waals surface area contributed by atoms with Gasteiger partial charge < -0.3 is 9.84 Å². The fourth-order valence-corrected chi connectivity index (χ4v) is 3.39. The maximum atomic E-state index is 10.3. The number of likely N-dealkylation sites (N-methyl/N-ethyl adjacent to an activating group) is 1. The number of pyridine rings is 1. The van der Waals surface area contributed by atoms with E-state index in [9.17, 15) is 5.11 Å². The Morgan fingerprint density at radius 3 is 3.00 bits per heavy atom. The van der Waals surface area contributed by atoms with E-state index < -0.39 is 6.10 Å². The number of benzene rings is 1. The molecular weight excluding hydrogens is 300 g/mol. The van der Waals surface area contributed by atoms with Crippen molar-refractivity contribution in [2.75, 3.05) is 20.2 Å². The Kier molecular flexibility index (Phi) is 5.96. The Hall–Kier alpha value is -1.75. The minimum Gasteiger partial charge on any atom is -0.389 e. The lowest BCUT2D eigenvalue weighted by molar-refractivity contribution is -0.0266. The van der Waals surface area contributed by atoms with Crippen LogP contribution < -0.4 is 0 Å². The van der Waals surface area contributed by atoms with Gasteiger partial charge in [0.2, 0.25) is 0 Å². The van der Waals surface area contributed by atoms with E-state index in [-0.39, 0.29) is 6.10 Å². The third-order valence-electron chi connectivity index (χ3n) is 4.50. The minimum atomic E-state index is -0.485. The van der Waals surface area contributed by atoms with Crippen molar-refractivity contribution in [3.8, 4) is 0 Å². The first-order chi connectivity index (χ1) is 11.7.